The molecule has 2 radical (unpaired) electrons. The number of fused-ring (bicyclic) bond motifs is 4. The Kier molecular flexibility index (Phi) is 1.09. The van der Waals surface area contributed by atoms with Crippen LogP contribution in [0.3, 0.4) is 0 Å². The van der Waals surface area contributed by atoms with Crippen LogP contribution in [0.4, 0.5) is 0 Å². The maximum Gasteiger partial charge on any atom is 0.0703 e. The van der Waals surface area contributed by atoms with Gasteiger partial charge in [-0.05, 0) is 96.2 Å². The minimum Gasteiger partial charge on any atom is -0.324 e. The maximum absolute atomic E-state index is 7.51. The van der Waals surface area contributed by atoms with E-state index in [4.69, 9.17) is 13.6 Å². The lowest BCUT2D eigenvalue weighted by Gasteiger charge is -2.92. The quantitative estimate of drug-likeness (QED) is 0.683. The van der Waals surface area contributed by atoms with Crippen molar-refractivity contribution in [3.05, 3.63) is 0 Å². The highest BCUT2D eigenvalue weighted by Gasteiger charge is 3.16. The zero-order valence-corrected chi connectivity index (χ0v) is 13.6. The molecule has 0 heterocycles. The van der Waals surface area contributed by atoms with Crippen molar-refractivity contribution in [2.75, 3.05) is 0 Å². The van der Waals surface area contributed by atoms with Crippen molar-refractivity contribution < 1.29 is 0 Å². The molecule has 116 valence electrons. The second-order valence-corrected chi connectivity index (χ2v) is 12.0. The first-order valence-corrected chi connectivity index (χ1v) is 10.7. The van der Waals surface area contributed by atoms with E-state index < -0.39 is 0 Å². The summed E-state index contributed by atoms with van der Waals surface area (Å²) in [4.78, 5) is 0. The van der Waals surface area contributed by atoms with Crippen LogP contribution in [0.1, 0.15) is 32.1 Å². The van der Waals surface area contributed by atoms with Crippen LogP contribution < -0.4 is 5.73 Å². The molecule has 0 aromatic rings. The van der Waals surface area contributed by atoms with E-state index in [1.54, 1.807) is 19.3 Å². The Morgan fingerprint density at radius 1 is 0.739 bits per heavy atom. The second-order valence-electron chi connectivity index (χ2n) is 12.0. The molecule has 10 saturated carbocycles. The van der Waals surface area contributed by atoms with Crippen molar-refractivity contribution >= 4 is 7.85 Å². The van der Waals surface area contributed by atoms with Crippen molar-refractivity contribution in [3.63, 3.8) is 0 Å². The summed E-state index contributed by atoms with van der Waals surface area (Å²) in [6.45, 7) is 0. The van der Waals surface area contributed by atoms with Gasteiger partial charge < -0.3 is 5.73 Å². The molecule has 10 rings (SSSR count). The molecule has 2 heteroatoms. The summed E-state index contributed by atoms with van der Waals surface area (Å²) in [5.74, 6) is 12.0. The minimum atomic E-state index is 0.352. The van der Waals surface area contributed by atoms with Gasteiger partial charge in [0.1, 0.15) is 0 Å². The van der Waals surface area contributed by atoms with Gasteiger partial charge in [0.05, 0.1) is 7.85 Å². The molecule has 23 heavy (non-hydrogen) atoms. The molecule has 3 spiro atoms. The van der Waals surface area contributed by atoms with Gasteiger partial charge in [-0.1, -0.05) is 12.2 Å². The van der Waals surface area contributed by atoms with Gasteiger partial charge in [0, 0.05) is 16.4 Å². The van der Waals surface area contributed by atoms with Gasteiger partial charge in [-0.3, -0.25) is 0 Å². The van der Waals surface area contributed by atoms with Gasteiger partial charge in [-0.15, -0.1) is 0 Å². The average molecular weight is 301 g/mol. The third-order valence-electron chi connectivity index (χ3n) is 13.7. The molecule has 0 bridgehead atoms. The molecular weight excluding hydrogens is 277 g/mol. The highest BCUT2D eigenvalue weighted by Crippen LogP contribution is 3.15. The third kappa shape index (κ3) is 0.507. The molecule has 0 aliphatic heterocycles. The number of rotatable bonds is 0. The Morgan fingerprint density at radius 2 is 1.52 bits per heavy atom. The summed E-state index contributed by atoms with van der Waals surface area (Å²) in [7, 11) is 6.81. The van der Waals surface area contributed by atoms with E-state index >= 15 is 0 Å². The topological polar surface area (TPSA) is 26.0 Å². The molecular formula is C21H24BN. The van der Waals surface area contributed by atoms with Crippen LogP contribution >= 0.6 is 0 Å². The second kappa shape index (κ2) is 2.30. The smallest absolute Gasteiger partial charge is 0.0703 e. The van der Waals surface area contributed by atoms with Crippen LogP contribution in [0.2, 0.25) is 5.82 Å². The SMILES string of the molecule is [B]C1CC2C3C4CC5C6CCC7C8CC1C81C7C6C6(N)C54C36C21. The summed E-state index contributed by atoms with van der Waals surface area (Å²) >= 11 is 0. The zero-order valence-electron chi connectivity index (χ0n) is 13.6. The molecule has 0 aromatic heterocycles. The number of hydrogen-bond acceptors (Lipinski definition) is 1. The standard InChI is InChI=1S/C21H24BN/c22-13-3-8-14-12-5-10-7-2-1-6-9-4-11(13)18(9)15(6)16(7)21(23)19(10,12)20(14,21)17(8)18/h6-17H,1-5,23H2. The predicted octanol–water partition coefficient (Wildman–Crippen LogP) is 2.46. The van der Waals surface area contributed by atoms with Crippen LogP contribution in [-0.4, -0.2) is 13.4 Å². The molecule has 2 N–H and O–H groups in total. The first-order valence-electron chi connectivity index (χ1n) is 10.7. The van der Waals surface area contributed by atoms with Gasteiger partial charge in [-0.25, -0.2) is 0 Å². The Hall–Kier alpha value is 0.0249. The molecule has 10 aliphatic carbocycles. The number of nitrogens with two attached hydrogens (primary N) is 1. The average Bonchev–Trinajstić information content (AvgIpc) is 2.97. The van der Waals surface area contributed by atoms with Crippen molar-refractivity contribution in [2.45, 2.75) is 43.5 Å². The monoisotopic (exact) mass is 301 g/mol. The fourth-order valence-electron chi connectivity index (χ4n) is 14.7. The molecule has 1 nitrogen and oxygen atoms in total. The van der Waals surface area contributed by atoms with Crippen molar-refractivity contribution in [1.82, 2.24) is 0 Å². The lowest BCUT2D eigenvalue weighted by molar-refractivity contribution is -0.449. The van der Waals surface area contributed by atoms with Gasteiger partial charge in [0.25, 0.3) is 0 Å². The molecule has 0 saturated heterocycles. The highest BCUT2D eigenvalue weighted by atomic mass is 15.3. The Bertz CT molecular complexity index is 795. The molecule has 0 aromatic carbocycles. The molecule has 0 amide bonds. The Morgan fingerprint density at radius 3 is 2.39 bits per heavy atom. The van der Waals surface area contributed by atoms with Crippen LogP contribution in [0, 0.1) is 81.3 Å². The summed E-state index contributed by atoms with van der Waals surface area (Å²) in [5, 5.41) is 0. The van der Waals surface area contributed by atoms with E-state index in [0.29, 0.717) is 22.2 Å². The highest BCUT2D eigenvalue weighted by molar-refractivity contribution is 6.12. The summed E-state index contributed by atoms with van der Waals surface area (Å²) in [6.07, 6.45) is 7.61. The fourth-order valence-corrected chi connectivity index (χ4v) is 14.7. The van der Waals surface area contributed by atoms with E-state index in [2.05, 4.69) is 0 Å². The lowest BCUT2D eigenvalue weighted by Crippen LogP contribution is -2.89. The van der Waals surface area contributed by atoms with E-state index in [-0.39, 0.29) is 0 Å². The lowest BCUT2D eigenvalue weighted by atomic mass is 9.11. The van der Waals surface area contributed by atoms with Gasteiger partial charge in [-0.2, -0.15) is 0 Å². The van der Waals surface area contributed by atoms with E-state index in [0.717, 1.165) is 70.5 Å². The van der Waals surface area contributed by atoms with Gasteiger partial charge in [0.15, 0.2) is 0 Å². The first kappa shape index (κ1) is 10.9. The van der Waals surface area contributed by atoms with E-state index in [1.165, 1.54) is 12.8 Å². The van der Waals surface area contributed by atoms with Crippen LogP contribution in [0.25, 0.3) is 0 Å². The summed E-state index contributed by atoms with van der Waals surface area (Å²) in [6, 6.07) is 0. The molecule has 16 unspecified atom stereocenters. The van der Waals surface area contributed by atoms with E-state index in [9.17, 15) is 0 Å². The van der Waals surface area contributed by atoms with Crippen LogP contribution in [0.15, 0.2) is 0 Å². The zero-order chi connectivity index (χ0) is 14.5. The maximum atomic E-state index is 7.51. The van der Waals surface area contributed by atoms with Gasteiger partial charge in [0.2, 0.25) is 0 Å². The molecule has 16 atom stereocenters. The first-order chi connectivity index (χ1) is 11.2. The normalized spacial score (nSPS) is 95.2. The van der Waals surface area contributed by atoms with Crippen molar-refractivity contribution in [3.8, 4) is 0 Å². The number of hydrogen-bond donors (Lipinski definition) is 1. The van der Waals surface area contributed by atoms with Crippen molar-refractivity contribution in [1.29, 1.82) is 0 Å². The molecule has 10 aliphatic rings. The van der Waals surface area contributed by atoms with E-state index in [1.807, 2.05) is 0 Å². The Balaban J connectivity index is 1.35. The van der Waals surface area contributed by atoms with Crippen LogP contribution in [-0.2, 0) is 0 Å². The van der Waals surface area contributed by atoms with Gasteiger partial charge >= 0.3 is 0 Å². The fraction of sp³-hybridized carbons (Fsp3) is 1.00. The largest absolute Gasteiger partial charge is 0.324 e. The predicted molar refractivity (Wildman–Crippen MR) is 85.2 cm³/mol. The summed E-state index contributed by atoms with van der Waals surface area (Å²) < 4.78 is 0. The summed E-state index contributed by atoms with van der Waals surface area (Å²) in [5.41, 5.74) is 10.0. The minimum absolute atomic E-state index is 0.352. The van der Waals surface area contributed by atoms with Crippen LogP contribution in [0.5, 0.6) is 0 Å². The van der Waals surface area contributed by atoms with Crippen molar-refractivity contribution in [2.24, 2.45) is 87.1 Å². The Labute approximate surface area is 138 Å². The molecule has 10 fully saturated rings. The third-order valence-corrected chi connectivity index (χ3v) is 13.7.